The smallest absolute Gasteiger partial charge is 0.118 e. The van der Waals surface area contributed by atoms with Crippen LogP contribution in [0.25, 0.3) is 0 Å². The molecule has 3 nitrogen and oxygen atoms in total. The summed E-state index contributed by atoms with van der Waals surface area (Å²) < 4.78 is 6.32. The molecule has 30 heavy (non-hydrogen) atoms. The lowest BCUT2D eigenvalue weighted by Gasteiger charge is -2.54. The second-order valence-electron chi connectivity index (χ2n) is 12.2. The van der Waals surface area contributed by atoms with Crippen molar-refractivity contribution in [3.05, 3.63) is 23.3 Å². The van der Waals surface area contributed by atoms with Crippen molar-refractivity contribution in [1.82, 2.24) is 0 Å². The lowest BCUT2D eigenvalue weighted by Crippen LogP contribution is -2.55. The SMILES string of the molecule is CC(C)CC=CC(C)C1CCC2C3=C(CCC21C)C1(C)CCC(O)CC12OC2C3O. The second kappa shape index (κ2) is 6.93. The Morgan fingerprint density at radius 2 is 1.87 bits per heavy atom. The van der Waals surface area contributed by atoms with Crippen molar-refractivity contribution < 1.29 is 14.9 Å². The van der Waals surface area contributed by atoms with Gasteiger partial charge in [-0.2, -0.15) is 0 Å². The normalized spacial score (nSPS) is 50.9. The van der Waals surface area contributed by atoms with E-state index in [-0.39, 0.29) is 28.6 Å². The average molecular weight is 415 g/mol. The van der Waals surface area contributed by atoms with Crippen molar-refractivity contribution in [3.8, 4) is 0 Å². The third kappa shape index (κ3) is 2.74. The van der Waals surface area contributed by atoms with Gasteiger partial charge in [-0.25, -0.2) is 0 Å². The Balaban J connectivity index is 1.46. The van der Waals surface area contributed by atoms with Crippen LogP contribution in [0, 0.1) is 34.5 Å². The van der Waals surface area contributed by atoms with E-state index >= 15 is 0 Å². The summed E-state index contributed by atoms with van der Waals surface area (Å²) in [7, 11) is 0. The molecule has 4 aliphatic carbocycles. The number of fused-ring (bicyclic) bond motifs is 3. The van der Waals surface area contributed by atoms with Gasteiger partial charge >= 0.3 is 0 Å². The maximum atomic E-state index is 11.5. The van der Waals surface area contributed by atoms with Crippen molar-refractivity contribution in [1.29, 1.82) is 0 Å². The molecule has 9 atom stereocenters. The zero-order valence-electron chi connectivity index (χ0n) is 19.7. The van der Waals surface area contributed by atoms with E-state index in [0.29, 0.717) is 30.1 Å². The number of epoxide rings is 1. The summed E-state index contributed by atoms with van der Waals surface area (Å²) in [6, 6.07) is 0. The first-order valence-electron chi connectivity index (χ1n) is 12.6. The van der Waals surface area contributed by atoms with E-state index in [4.69, 9.17) is 4.74 Å². The van der Waals surface area contributed by atoms with Crippen LogP contribution >= 0.6 is 0 Å². The number of aliphatic hydroxyl groups is 2. The second-order valence-corrected chi connectivity index (χ2v) is 12.2. The first kappa shape index (κ1) is 21.2. The van der Waals surface area contributed by atoms with Crippen LogP contribution in [0.4, 0.5) is 0 Å². The summed E-state index contributed by atoms with van der Waals surface area (Å²) in [5.74, 6) is 2.50. The van der Waals surface area contributed by atoms with Gasteiger partial charge in [0, 0.05) is 11.8 Å². The molecule has 0 radical (unpaired) electrons. The van der Waals surface area contributed by atoms with Crippen LogP contribution in [0.2, 0.25) is 0 Å². The highest BCUT2D eigenvalue weighted by molar-refractivity contribution is 5.45. The summed E-state index contributed by atoms with van der Waals surface area (Å²) in [5, 5.41) is 21.8. The van der Waals surface area contributed by atoms with Crippen LogP contribution < -0.4 is 0 Å². The first-order valence-corrected chi connectivity index (χ1v) is 12.6. The molecule has 1 saturated heterocycles. The lowest BCUT2D eigenvalue weighted by molar-refractivity contribution is -0.000634. The molecule has 0 bridgehead atoms. The fourth-order valence-electron chi connectivity index (χ4n) is 8.46. The molecule has 168 valence electrons. The highest BCUT2D eigenvalue weighted by Gasteiger charge is 2.76. The molecule has 5 rings (SSSR count). The lowest BCUT2D eigenvalue weighted by atomic mass is 9.50. The molecular weight excluding hydrogens is 372 g/mol. The standard InChI is InChI=1S/C27H42O3/c1-16(2)7-6-8-17(3)19-9-10-20-22-21(12-13-25(19,20)4)26(5)14-11-18(28)15-27(26)24(30-27)23(22)29/h6,8,16-20,23-24,28-29H,7,9-15H2,1-5H3. The first-order chi connectivity index (χ1) is 14.1. The maximum absolute atomic E-state index is 11.5. The van der Waals surface area contributed by atoms with Gasteiger partial charge in [0.1, 0.15) is 17.8 Å². The molecule has 3 heteroatoms. The van der Waals surface area contributed by atoms with Crippen molar-refractivity contribution in [2.24, 2.45) is 34.5 Å². The summed E-state index contributed by atoms with van der Waals surface area (Å²) in [4.78, 5) is 0. The molecule has 0 aromatic carbocycles. The number of aliphatic hydroxyl groups excluding tert-OH is 2. The van der Waals surface area contributed by atoms with Crippen LogP contribution in [0.15, 0.2) is 23.3 Å². The predicted molar refractivity (Wildman–Crippen MR) is 120 cm³/mol. The quantitative estimate of drug-likeness (QED) is 0.478. The van der Waals surface area contributed by atoms with Gasteiger partial charge in [0.25, 0.3) is 0 Å². The summed E-state index contributed by atoms with van der Waals surface area (Å²) in [5.41, 5.74) is 2.86. The molecule has 2 N–H and O–H groups in total. The highest BCUT2D eigenvalue weighted by Crippen LogP contribution is 2.72. The zero-order chi connectivity index (χ0) is 21.5. The summed E-state index contributed by atoms with van der Waals surface area (Å²) in [6.45, 7) is 11.9. The minimum Gasteiger partial charge on any atom is -0.393 e. The van der Waals surface area contributed by atoms with Gasteiger partial charge in [-0.15, -0.1) is 0 Å². The third-order valence-electron chi connectivity index (χ3n) is 10.2. The molecule has 1 heterocycles. The molecule has 5 aliphatic rings. The van der Waals surface area contributed by atoms with Gasteiger partial charge in [0.2, 0.25) is 0 Å². The number of rotatable bonds is 4. The van der Waals surface area contributed by atoms with Crippen molar-refractivity contribution in [2.75, 3.05) is 0 Å². The topological polar surface area (TPSA) is 53.0 Å². The Hall–Kier alpha value is -0.640. The molecule has 9 unspecified atom stereocenters. The minimum atomic E-state index is -0.464. The Kier molecular flexibility index (Phi) is 4.90. The fraction of sp³-hybridized carbons (Fsp3) is 0.852. The molecule has 0 aromatic heterocycles. The van der Waals surface area contributed by atoms with E-state index in [9.17, 15) is 10.2 Å². The van der Waals surface area contributed by atoms with Crippen molar-refractivity contribution in [3.63, 3.8) is 0 Å². The molecule has 3 fully saturated rings. The van der Waals surface area contributed by atoms with Crippen LogP contribution in [-0.2, 0) is 4.74 Å². The highest BCUT2D eigenvalue weighted by atomic mass is 16.6. The van der Waals surface area contributed by atoms with Crippen LogP contribution in [0.3, 0.4) is 0 Å². The number of allylic oxidation sites excluding steroid dienone is 2. The monoisotopic (exact) mass is 414 g/mol. The average Bonchev–Trinajstić information content (AvgIpc) is 3.29. The van der Waals surface area contributed by atoms with Crippen LogP contribution in [0.5, 0.6) is 0 Å². The van der Waals surface area contributed by atoms with E-state index in [1.165, 1.54) is 30.4 Å². The van der Waals surface area contributed by atoms with E-state index in [0.717, 1.165) is 25.7 Å². The van der Waals surface area contributed by atoms with Crippen LogP contribution in [-0.4, -0.2) is 34.1 Å². The Labute approximate surface area is 183 Å². The number of hydrogen-bond donors (Lipinski definition) is 2. The largest absolute Gasteiger partial charge is 0.393 e. The van der Waals surface area contributed by atoms with Crippen molar-refractivity contribution in [2.45, 2.75) is 110 Å². The summed E-state index contributed by atoms with van der Waals surface area (Å²) in [6.07, 6.45) is 12.6. The van der Waals surface area contributed by atoms with E-state index in [2.05, 4.69) is 46.8 Å². The summed E-state index contributed by atoms with van der Waals surface area (Å²) >= 11 is 0. The fourth-order valence-corrected chi connectivity index (χ4v) is 8.46. The van der Waals surface area contributed by atoms with E-state index < -0.39 is 6.10 Å². The minimum absolute atomic E-state index is 0.00760. The number of ether oxygens (including phenoxy) is 1. The van der Waals surface area contributed by atoms with Gasteiger partial charge in [0.05, 0.1) is 6.10 Å². The molecule has 0 amide bonds. The Morgan fingerprint density at radius 3 is 2.60 bits per heavy atom. The van der Waals surface area contributed by atoms with Gasteiger partial charge in [-0.1, -0.05) is 52.3 Å². The maximum Gasteiger partial charge on any atom is 0.118 e. The van der Waals surface area contributed by atoms with Gasteiger partial charge in [-0.05, 0) is 79.6 Å². The number of hydrogen-bond acceptors (Lipinski definition) is 3. The molecule has 0 aromatic rings. The predicted octanol–water partition coefficient (Wildman–Crippen LogP) is 5.41. The van der Waals surface area contributed by atoms with Gasteiger partial charge in [0.15, 0.2) is 0 Å². The molecule has 1 spiro atoms. The van der Waals surface area contributed by atoms with Gasteiger partial charge in [-0.3, -0.25) is 0 Å². The molecular formula is C27H42O3. The third-order valence-corrected chi connectivity index (χ3v) is 10.2. The van der Waals surface area contributed by atoms with E-state index in [1.807, 2.05) is 0 Å². The zero-order valence-corrected chi connectivity index (χ0v) is 19.7. The van der Waals surface area contributed by atoms with Crippen molar-refractivity contribution >= 4 is 0 Å². The van der Waals surface area contributed by atoms with E-state index in [1.54, 1.807) is 0 Å². The molecule has 2 saturated carbocycles. The molecule has 1 aliphatic heterocycles. The van der Waals surface area contributed by atoms with Crippen LogP contribution in [0.1, 0.15) is 86.0 Å². The Bertz CT molecular complexity index is 768. The van der Waals surface area contributed by atoms with Gasteiger partial charge < -0.3 is 14.9 Å². The Morgan fingerprint density at radius 1 is 1.10 bits per heavy atom.